The fourth-order valence-corrected chi connectivity index (χ4v) is 4.97. The molecule has 1 aliphatic heterocycles. The van der Waals surface area contributed by atoms with Crippen molar-refractivity contribution >= 4 is 15.9 Å². The molecule has 1 unspecified atom stereocenters. The average molecular weight is 304 g/mol. The van der Waals surface area contributed by atoms with Crippen LogP contribution in [0.4, 0.5) is 4.79 Å². The van der Waals surface area contributed by atoms with Crippen LogP contribution >= 0.6 is 0 Å². The van der Waals surface area contributed by atoms with Crippen LogP contribution in [0.25, 0.3) is 0 Å². The second kappa shape index (κ2) is 4.87. The second-order valence-electron chi connectivity index (χ2n) is 6.77. The fourth-order valence-electron chi connectivity index (χ4n) is 2.57. The Bertz CT molecular complexity index is 491. The molecule has 2 fully saturated rings. The number of carbonyl (C=O) groups is 1. The zero-order valence-corrected chi connectivity index (χ0v) is 13.2. The van der Waals surface area contributed by atoms with Gasteiger partial charge < -0.3 is 15.4 Å². The number of rotatable bonds is 3. The number of carbonyl (C=O) groups excluding carboxylic acids is 1. The molecule has 116 valence electrons. The summed E-state index contributed by atoms with van der Waals surface area (Å²) in [7, 11) is -3.26. The maximum atomic E-state index is 12.5. The van der Waals surface area contributed by atoms with Crippen molar-refractivity contribution in [3.05, 3.63) is 0 Å². The molecule has 2 N–H and O–H groups in total. The molecule has 1 saturated heterocycles. The molecule has 7 heteroatoms. The van der Waals surface area contributed by atoms with Crippen LogP contribution in [0, 0.1) is 0 Å². The molecule has 0 aromatic rings. The first-order valence-corrected chi connectivity index (χ1v) is 8.57. The Labute approximate surface area is 120 Å². The number of amides is 1. The van der Waals surface area contributed by atoms with Crippen LogP contribution in [0.1, 0.15) is 40.0 Å². The lowest BCUT2D eigenvalue weighted by Crippen LogP contribution is -2.42. The predicted molar refractivity (Wildman–Crippen MR) is 76.2 cm³/mol. The minimum atomic E-state index is -3.26. The minimum Gasteiger partial charge on any atom is -0.444 e. The lowest BCUT2D eigenvalue weighted by molar-refractivity contribution is 0.0295. The summed E-state index contributed by atoms with van der Waals surface area (Å²) in [4.78, 5) is 13.4. The van der Waals surface area contributed by atoms with Crippen molar-refractivity contribution in [3.8, 4) is 0 Å². The van der Waals surface area contributed by atoms with Crippen molar-refractivity contribution in [1.82, 2.24) is 4.90 Å². The lowest BCUT2D eigenvalue weighted by atomic mass is 10.2. The number of nitrogens with zero attached hydrogens (tertiary/aromatic N) is 1. The van der Waals surface area contributed by atoms with Crippen molar-refractivity contribution in [2.45, 2.75) is 55.6 Å². The van der Waals surface area contributed by atoms with Crippen LogP contribution in [0.5, 0.6) is 0 Å². The Morgan fingerprint density at radius 2 is 2.00 bits per heavy atom. The number of hydrogen-bond acceptors (Lipinski definition) is 5. The van der Waals surface area contributed by atoms with Crippen LogP contribution in [-0.4, -0.2) is 54.6 Å². The van der Waals surface area contributed by atoms with Crippen molar-refractivity contribution in [3.63, 3.8) is 0 Å². The molecule has 20 heavy (non-hydrogen) atoms. The zero-order valence-electron chi connectivity index (χ0n) is 12.4. The van der Waals surface area contributed by atoms with Gasteiger partial charge in [-0.1, -0.05) is 0 Å². The van der Waals surface area contributed by atoms with Crippen LogP contribution in [0.3, 0.4) is 0 Å². The molecule has 0 aromatic heterocycles. The smallest absolute Gasteiger partial charge is 0.410 e. The van der Waals surface area contributed by atoms with E-state index in [4.69, 9.17) is 10.5 Å². The first-order chi connectivity index (χ1) is 9.11. The van der Waals surface area contributed by atoms with E-state index in [0.717, 1.165) is 0 Å². The van der Waals surface area contributed by atoms with Crippen molar-refractivity contribution in [2.75, 3.05) is 19.6 Å². The van der Waals surface area contributed by atoms with Gasteiger partial charge in [-0.3, -0.25) is 0 Å². The van der Waals surface area contributed by atoms with Crippen LogP contribution in [-0.2, 0) is 14.6 Å². The molecule has 6 nitrogen and oxygen atoms in total. The average Bonchev–Trinajstić information content (AvgIpc) is 2.96. The molecule has 2 rings (SSSR count). The molecule has 0 spiro atoms. The highest BCUT2D eigenvalue weighted by Crippen LogP contribution is 2.45. The number of likely N-dealkylation sites (tertiary alicyclic amines) is 1. The van der Waals surface area contributed by atoms with E-state index in [9.17, 15) is 13.2 Å². The van der Waals surface area contributed by atoms with Crippen molar-refractivity contribution in [2.24, 2.45) is 5.73 Å². The highest BCUT2D eigenvalue weighted by Gasteiger charge is 2.57. The van der Waals surface area contributed by atoms with Crippen molar-refractivity contribution < 1.29 is 17.9 Å². The van der Waals surface area contributed by atoms with Gasteiger partial charge in [0.15, 0.2) is 9.84 Å². The summed E-state index contributed by atoms with van der Waals surface area (Å²) in [6.07, 6.45) is 1.33. The summed E-state index contributed by atoms with van der Waals surface area (Å²) in [5.41, 5.74) is 5.05. The summed E-state index contributed by atoms with van der Waals surface area (Å²) >= 11 is 0. The summed E-state index contributed by atoms with van der Waals surface area (Å²) in [5, 5.41) is -0.499. The van der Waals surface area contributed by atoms with E-state index in [1.165, 1.54) is 4.90 Å². The van der Waals surface area contributed by atoms with Crippen LogP contribution < -0.4 is 5.73 Å². The van der Waals surface area contributed by atoms with Gasteiger partial charge in [0.2, 0.25) is 0 Å². The summed E-state index contributed by atoms with van der Waals surface area (Å²) < 4.78 is 29.6. The molecule has 1 aliphatic carbocycles. The number of nitrogens with two attached hydrogens (primary N) is 1. The highest BCUT2D eigenvalue weighted by molar-refractivity contribution is 7.93. The van der Waals surface area contributed by atoms with E-state index in [2.05, 4.69) is 0 Å². The van der Waals surface area contributed by atoms with E-state index in [-0.39, 0.29) is 13.1 Å². The Morgan fingerprint density at radius 1 is 1.40 bits per heavy atom. The zero-order chi connectivity index (χ0) is 15.2. The predicted octanol–water partition coefficient (Wildman–Crippen LogP) is 0.902. The summed E-state index contributed by atoms with van der Waals surface area (Å²) in [5.74, 6) is 0. The Morgan fingerprint density at radius 3 is 2.45 bits per heavy atom. The number of hydrogen-bond donors (Lipinski definition) is 1. The third kappa shape index (κ3) is 2.79. The van der Waals surface area contributed by atoms with Crippen LogP contribution in [0.2, 0.25) is 0 Å². The second-order valence-corrected chi connectivity index (χ2v) is 9.39. The molecule has 0 bridgehead atoms. The first kappa shape index (κ1) is 15.6. The maximum absolute atomic E-state index is 12.5. The molecule has 1 heterocycles. The van der Waals surface area contributed by atoms with E-state index >= 15 is 0 Å². The molecule has 0 radical (unpaired) electrons. The maximum Gasteiger partial charge on any atom is 0.410 e. The van der Waals surface area contributed by atoms with Gasteiger partial charge in [-0.05, 0) is 40.0 Å². The van der Waals surface area contributed by atoms with Crippen LogP contribution in [0.15, 0.2) is 0 Å². The normalized spacial score (nSPS) is 25.6. The molecule has 0 aromatic carbocycles. The third-order valence-electron chi connectivity index (χ3n) is 4.02. The molecule has 1 saturated carbocycles. The number of ether oxygens (including phenoxy) is 1. The first-order valence-electron chi connectivity index (χ1n) is 7.03. The SMILES string of the molecule is CC(C)(C)OC(=O)N1CCC(S(=O)(=O)C2(CN)CC2)C1. The monoisotopic (exact) mass is 304 g/mol. The van der Waals surface area contributed by atoms with E-state index in [0.29, 0.717) is 25.8 Å². The molecular weight excluding hydrogens is 280 g/mol. The van der Waals surface area contributed by atoms with Gasteiger partial charge in [0, 0.05) is 19.6 Å². The van der Waals surface area contributed by atoms with Gasteiger partial charge >= 0.3 is 6.09 Å². The van der Waals surface area contributed by atoms with E-state index < -0.39 is 31.5 Å². The van der Waals surface area contributed by atoms with Gasteiger partial charge in [-0.15, -0.1) is 0 Å². The van der Waals surface area contributed by atoms with Crippen molar-refractivity contribution in [1.29, 1.82) is 0 Å². The van der Waals surface area contributed by atoms with E-state index in [1.54, 1.807) is 20.8 Å². The quantitative estimate of drug-likeness (QED) is 0.836. The Balaban J connectivity index is 2.01. The van der Waals surface area contributed by atoms with Gasteiger partial charge in [0.1, 0.15) is 5.60 Å². The number of sulfone groups is 1. The van der Waals surface area contributed by atoms with Gasteiger partial charge in [0.05, 0.1) is 10.00 Å². The standard InChI is InChI=1S/C13H24N2O4S/c1-12(2,3)19-11(16)15-7-4-10(8-15)20(17,18)13(9-14)5-6-13/h10H,4-9,14H2,1-3H3. The van der Waals surface area contributed by atoms with E-state index in [1.807, 2.05) is 0 Å². The molecular formula is C13H24N2O4S. The molecule has 1 amide bonds. The highest BCUT2D eigenvalue weighted by atomic mass is 32.2. The Hall–Kier alpha value is -0.820. The lowest BCUT2D eigenvalue weighted by Gasteiger charge is -2.25. The van der Waals surface area contributed by atoms with Gasteiger partial charge in [0.25, 0.3) is 0 Å². The summed E-state index contributed by atoms with van der Waals surface area (Å²) in [6.45, 7) is 6.21. The molecule has 2 aliphatic rings. The minimum absolute atomic E-state index is 0.179. The topological polar surface area (TPSA) is 89.7 Å². The Kier molecular flexibility index (Phi) is 3.79. The largest absolute Gasteiger partial charge is 0.444 e. The van der Waals surface area contributed by atoms with Gasteiger partial charge in [-0.2, -0.15) is 0 Å². The summed E-state index contributed by atoms with van der Waals surface area (Å²) in [6, 6.07) is 0. The van der Waals surface area contributed by atoms with Gasteiger partial charge in [-0.25, -0.2) is 13.2 Å². The third-order valence-corrected chi connectivity index (χ3v) is 7.06. The fraction of sp³-hybridized carbons (Fsp3) is 0.923. The molecule has 1 atom stereocenters.